The minimum Gasteiger partial charge on any atom is -0.322 e. The first-order chi connectivity index (χ1) is 6.28. The molecule has 0 aliphatic carbocycles. The summed E-state index contributed by atoms with van der Waals surface area (Å²) in [5.74, 6) is -0.426. The third kappa shape index (κ3) is 4.26. The van der Waals surface area contributed by atoms with Crippen molar-refractivity contribution in [1.29, 1.82) is 0 Å². The third-order valence-electron chi connectivity index (χ3n) is 2.25. The Balaban J connectivity index is 5.26. The van der Waals surface area contributed by atoms with Crippen molar-refractivity contribution in [1.82, 2.24) is 5.06 Å². The molecule has 0 saturated heterocycles. The molecule has 1 radical (unpaired) electrons. The van der Waals surface area contributed by atoms with Crippen molar-refractivity contribution < 1.29 is 9.77 Å². The van der Waals surface area contributed by atoms with Crippen LogP contribution in [0.3, 0.4) is 0 Å². The average molecular weight is 234 g/mol. The largest absolute Gasteiger partial charge is 0.322 e. The molecule has 0 fully saturated rings. The minimum atomic E-state index is -2.44. The van der Waals surface area contributed by atoms with Crippen LogP contribution in [0.4, 0.5) is 0 Å². The molecule has 0 rings (SSSR count). The lowest BCUT2D eigenvalue weighted by Gasteiger charge is -2.43. The Bertz CT molecular complexity index is 257. The number of rotatable bonds is 2. The van der Waals surface area contributed by atoms with Gasteiger partial charge in [-0.15, -0.1) is 10.3 Å². The molecule has 4 heteroatoms. The molecule has 0 saturated carbocycles. The van der Waals surface area contributed by atoms with E-state index in [0.717, 1.165) is 5.06 Å². The predicted molar refractivity (Wildman–Crippen MR) is 65.0 cm³/mol. The van der Waals surface area contributed by atoms with Crippen molar-refractivity contribution in [2.45, 2.75) is 52.9 Å². The average Bonchev–Trinajstić information content (AvgIpc) is 1.76. The fourth-order valence-corrected chi connectivity index (χ4v) is 4.62. The van der Waals surface area contributed by atoms with Gasteiger partial charge in [-0.1, -0.05) is 20.8 Å². The van der Waals surface area contributed by atoms with Gasteiger partial charge in [0.1, 0.15) is 7.14 Å². The Labute approximate surface area is 94.2 Å². The quantitative estimate of drug-likeness (QED) is 0.542. The first kappa shape index (κ1) is 15.2. The number of hydrogen-bond donors (Lipinski definition) is 0. The Kier molecular flexibility index (Phi) is 4.24. The van der Waals surface area contributed by atoms with Crippen LogP contribution in [0, 0.1) is 5.41 Å². The van der Waals surface area contributed by atoms with Gasteiger partial charge < -0.3 is 4.57 Å². The van der Waals surface area contributed by atoms with Crippen LogP contribution in [0.25, 0.3) is 0 Å². The summed E-state index contributed by atoms with van der Waals surface area (Å²) in [6.07, 6.45) is 0. The molecule has 0 aromatic heterocycles. The van der Waals surface area contributed by atoms with Crippen molar-refractivity contribution in [3.8, 4) is 0 Å². The SMILES string of the molecule is CC(C)(C)C(N([O])C(C)(C)C)P(C)(C)=O. The van der Waals surface area contributed by atoms with Crippen LogP contribution in [-0.4, -0.2) is 29.7 Å². The van der Waals surface area contributed by atoms with Crippen LogP contribution in [0.2, 0.25) is 0 Å². The second-order valence-electron chi connectivity index (χ2n) is 6.67. The molecule has 0 aromatic carbocycles. The van der Waals surface area contributed by atoms with Gasteiger partial charge in [0.15, 0.2) is 0 Å². The zero-order chi connectivity index (χ0) is 12.7. The molecule has 1 atom stereocenters. The van der Waals surface area contributed by atoms with E-state index in [1.165, 1.54) is 0 Å². The van der Waals surface area contributed by atoms with Crippen LogP contribution in [-0.2, 0) is 9.77 Å². The lowest BCUT2D eigenvalue weighted by atomic mass is 9.94. The van der Waals surface area contributed by atoms with Crippen LogP contribution >= 0.6 is 7.14 Å². The van der Waals surface area contributed by atoms with E-state index in [1.807, 2.05) is 41.5 Å². The second-order valence-corrected chi connectivity index (χ2v) is 10.0. The summed E-state index contributed by atoms with van der Waals surface area (Å²) in [6.45, 7) is 14.9. The standard InChI is InChI=1S/C11H25NO2P/c1-10(2,3)9(15(7,8)14)12(13)11(4,5)6/h9H,1-8H3. The van der Waals surface area contributed by atoms with E-state index < -0.39 is 18.5 Å². The maximum atomic E-state index is 12.2. The molecular formula is C11H25NO2P. The van der Waals surface area contributed by atoms with Crippen LogP contribution in [0.5, 0.6) is 0 Å². The molecule has 91 valence electrons. The van der Waals surface area contributed by atoms with Crippen molar-refractivity contribution >= 4 is 7.14 Å². The normalized spacial score (nSPS) is 16.9. The van der Waals surface area contributed by atoms with E-state index in [2.05, 4.69) is 0 Å². The Morgan fingerprint density at radius 2 is 1.33 bits per heavy atom. The van der Waals surface area contributed by atoms with E-state index in [-0.39, 0.29) is 5.41 Å². The summed E-state index contributed by atoms with van der Waals surface area (Å²) in [5, 5.41) is 13.2. The fraction of sp³-hybridized carbons (Fsp3) is 1.00. The highest BCUT2D eigenvalue weighted by atomic mass is 31.2. The highest BCUT2D eigenvalue weighted by Crippen LogP contribution is 2.53. The summed E-state index contributed by atoms with van der Waals surface area (Å²) < 4.78 is 12.2. The monoisotopic (exact) mass is 234 g/mol. The number of nitrogens with zero attached hydrogens (tertiary/aromatic N) is 1. The molecule has 1 unspecified atom stereocenters. The summed E-state index contributed by atoms with van der Waals surface area (Å²) in [6, 6.07) is 0. The molecule has 15 heavy (non-hydrogen) atoms. The molecule has 0 aliphatic rings. The summed E-state index contributed by atoms with van der Waals surface area (Å²) in [5.41, 5.74) is -0.770. The van der Waals surface area contributed by atoms with Gasteiger partial charge in [-0.3, -0.25) is 0 Å². The zero-order valence-corrected chi connectivity index (χ0v) is 12.2. The summed E-state index contributed by atoms with van der Waals surface area (Å²) >= 11 is 0. The zero-order valence-electron chi connectivity index (χ0n) is 11.3. The van der Waals surface area contributed by atoms with E-state index in [9.17, 15) is 9.77 Å². The molecule has 0 amide bonds. The Morgan fingerprint density at radius 3 is 1.40 bits per heavy atom. The predicted octanol–water partition coefficient (Wildman–Crippen LogP) is 3.43. The topological polar surface area (TPSA) is 40.2 Å². The van der Waals surface area contributed by atoms with Gasteiger partial charge in [0.2, 0.25) is 0 Å². The van der Waals surface area contributed by atoms with E-state index >= 15 is 0 Å². The van der Waals surface area contributed by atoms with Gasteiger partial charge in [-0.05, 0) is 39.5 Å². The third-order valence-corrected chi connectivity index (χ3v) is 4.41. The maximum Gasteiger partial charge on any atom is 0.101 e. The summed E-state index contributed by atoms with van der Waals surface area (Å²) in [4.78, 5) is 0. The van der Waals surface area contributed by atoms with Crippen molar-refractivity contribution in [2.24, 2.45) is 5.41 Å². The Hall–Kier alpha value is 0.150. The molecule has 0 heterocycles. The fourth-order valence-electron chi connectivity index (χ4n) is 1.90. The van der Waals surface area contributed by atoms with Gasteiger partial charge >= 0.3 is 0 Å². The molecule has 0 N–H and O–H groups in total. The molecular weight excluding hydrogens is 209 g/mol. The first-order valence-electron chi connectivity index (χ1n) is 5.29. The number of hydroxylamine groups is 2. The highest BCUT2D eigenvalue weighted by molar-refractivity contribution is 7.63. The second kappa shape index (κ2) is 4.20. The number of hydrogen-bond acceptors (Lipinski definition) is 2. The van der Waals surface area contributed by atoms with Crippen molar-refractivity contribution in [3.63, 3.8) is 0 Å². The van der Waals surface area contributed by atoms with E-state index in [0.29, 0.717) is 0 Å². The van der Waals surface area contributed by atoms with Crippen LogP contribution in [0.1, 0.15) is 41.5 Å². The molecule has 0 bridgehead atoms. The van der Waals surface area contributed by atoms with E-state index in [4.69, 9.17) is 0 Å². The first-order valence-corrected chi connectivity index (χ1v) is 7.96. The van der Waals surface area contributed by atoms with Gasteiger partial charge in [0.05, 0.1) is 5.78 Å². The maximum absolute atomic E-state index is 12.2. The van der Waals surface area contributed by atoms with Crippen molar-refractivity contribution in [3.05, 3.63) is 0 Å². The molecule has 0 aliphatic heterocycles. The van der Waals surface area contributed by atoms with Gasteiger partial charge in [0.25, 0.3) is 0 Å². The molecule has 3 nitrogen and oxygen atoms in total. The van der Waals surface area contributed by atoms with Crippen LogP contribution in [0.15, 0.2) is 0 Å². The molecule has 0 aromatic rings. The lowest BCUT2D eigenvalue weighted by Crippen LogP contribution is -2.50. The van der Waals surface area contributed by atoms with Crippen molar-refractivity contribution in [2.75, 3.05) is 13.3 Å². The van der Waals surface area contributed by atoms with Gasteiger partial charge in [0, 0.05) is 5.54 Å². The van der Waals surface area contributed by atoms with Gasteiger partial charge in [-0.25, -0.2) is 0 Å². The summed E-state index contributed by atoms with van der Waals surface area (Å²) in [7, 11) is -2.44. The Morgan fingerprint density at radius 1 is 1.00 bits per heavy atom. The lowest BCUT2D eigenvalue weighted by molar-refractivity contribution is -0.237. The smallest absolute Gasteiger partial charge is 0.101 e. The van der Waals surface area contributed by atoms with E-state index in [1.54, 1.807) is 13.3 Å². The minimum absolute atomic E-state index is 0.270. The highest BCUT2D eigenvalue weighted by Gasteiger charge is 2.43. The van der Waals surface area contributed by atoms with Crippen LogP contribution < -0.4 is 0 Å². The molecule has 0 spiro atoms. The van der Waals surface area contributed by atoms with Gasteiger partial charge in [-0.2, -0.15) is 0 Å².